The number of carbonyl (C=O) groups excluding carboxylic acids is 1. The van der Waals surface area contributed by atoms with Gasteiger partial charge < -0.3 is 15.0 Å². The number of nitrogens with one attached hydrogen (secondary N) is 1. The minimum absolute atomic E-state index is 0.0653. The first-order valence-corrected chi connectivity index (χ1v) is 10.6. The van der Waals surface area contributed by atoms with Crippen LogP contribution >= 0.6 is 11.3 Å². The van der Waals surface area contributed by atoms with Crippen LogP contribution in [0.25, 0.3) is 11.0 Å². The summed E-state index contributed by atoms with van der Waals surface area (Å²) >= 11 is 1.48. The molecule has 2 aromatic heterocycles. The summed E-state index contributed by atoms with van der Waals surface area (Å²) < 4.78 is 7.33. The van der Waals surface area contributed by atoms with E-state index in [1.807, 2.05) is 25.8 Å². The van der Waals surface area contributed by atoms with Gasteiger partial charge in [0.15, 0.2) is 4.96 Å². The van der Waals surface area contributed by atoms with Gasteiger partial charge in [-0.25, -0.2) is 4.98 Å². The molecule has 0 atom stereocenters. The molecule has 1 aliphatic rings. The molecule has 3 heterocycles. The van der Waals surface area contributed by atoms with Crippen LogP contribution in [0.4, 0.5) is 0 Å². The van der Waals surface area contributed by atoms with Gasteiger partial charge in [0.2, 0.25) is 0 Å². The zero-order chi connectivity index (χ0) is 20.6. The first kappa shape index (κ1) is 21.0. The molecule has 6 nitrogen and oxygen atoms in total. The summed E-state index contributed by atoms with van der Waals surface area (Å²) in [7, 11) is 1.88. The molecule has 3 rings (SSSR count). The smallest absolute Gasteiger partial charge is 0.265 e. The Morgan fingerprint density at radius 2 is 2.07 bits per heavy atom. The van der Waals surface area contributed by atoms with Crippen molar-refractivity contribution in [3.63, 3.8) is 0 Å². The zero-order valence-corrected chi connectivity index (χ0v) is 18.9. The first-order chi connectivity index (χ1) is 13.1. The van der Waals surface area contributed by atoms with Crippen molar-refractivity contribution in [1.29, 1.82) is 0 Å². The second kappa shape index (κ2) is 7.97. The molecule has 154 valence electrons. The molecule has 0 bridgehead atoms. The Labute approximate surface area is 171 Å². The van der Waals surface area contributed by atoms with Crippen LogP contribution < -0.4 is 5.32 Å². The first-order valence-electron chi connectivity index (χ1n) is 9.79. The minimum Gasteiger partial charge on any atom is -0.378 e. The molecule has 1 amide bonds. The molecule has 0 unspecified atom stereocenters. The summed E-state index contributed by atoms with van der Waals surface area (Å²) in [6, 6.07) is 0.459. The van der Waals surface area contributed by atoms with E-state index in [2.05, 4.69) is 43.5 Å². The van der Waals surface area contributed by atoms with Gasteiger partial charge in [-0.2, -0.15) is 0 Å². The van der Waals surface area contributed by atoms with Crippen LogP contribution in [0.5, 0.6) is 0 Å². The second-order valence-electron chi connectivity index (χ2n) is 9.04. The molecule has 0 aliphatic carbocycles. The van der Waals surface area contributed by atoms with Crippen molar-refractivity contribution < 1.29 is 9.53 Å². The van der Waals surface area contributed by atoms with E-state index >= 15 is 0 Å². The number of fused-ring (bicyclic) bond motifs is 1. The zero-order valence-electron chi connectivity index (χ0n) is 18.0. The van der Waals surface area contributed by atoms with Gasteiger partial charge >= 0.3 is 0 Å². The largest absolute Gasteiger partial charge is 0.378 e. The average molecular weight is 405 g/mol. The molecule has 0 aromatic carbocycles. The Morgan fingerprint density at radius 1 is 1.39 bits per heavy atom. The summed E-state index contributed by atoms with van der Waals surface area (Å²) in [5, 5.41) is 3.49. The van der Waals surface area contributed by atoms with Crippen molar-refractivity contribution in [2.45, 2.75) is 47.6 Å². The topological polar surface area (TPSA) is 58.9 Å². The molecule has 0 saturated carbocycles. The molecule has 1 aliphatic heterocycles. The average Bonchev–Trinajstić information content (AvgIpc) is 3.00. The Morgan fingerprint density at radius 3 is 2.64 bits per heavy atom. The van der Waals surface area contributed by atoms with Crippen LogP contribution in [0.15, 0.2) is 5.57 Å². The molecule has 28 heavy (non-hydrogen) atoms. The fourth-order valence-corrected chi connectivity index (χ4v) is 4.62. The Bertz CT molecular complexity index is 900. The monoisotopic (exact) mass is 404 g/mol. The highest BCUT2D eigenvalue weighted by Crippen LogP contribution is 2.28. The van der Waals surface area contributed by atoms with E-state index in [9.17, 15) is 4.79 Å². The van der Waals surface area contributed by atoms with E-state index in [0.29, 0.717) is 12.6 Å². The SMILES string of the molecule is CC(=Cc1c(C)nc2sc(C(=O)N(C)CC(C)(C)C)c(C)n12)CNC1COC1. The van der Waals surface area contributed by atoms with Crippen LogP contribution in [0, 0.1) is 19.3 Å². The number of amides is 1. The number of hydrogen-bond acceptors (Lipinski definition) is 5. The van der Waals surface area contributed by atoms with Gasteiger partial charge in [-0.15, -0.1) is 0 Å². The van der Waals surface area contributed by atoms with E-state index in [-0.39, 0.29) is 11.3 Å². The van der Waals surface area contributed by atoms with E-state index in [1.54, 1.807) is 0 Å². The van der Waals surface area contributed by atoms with Crippen molar-refractivity contribution in [3.8, 4) is 0 Å². The highest BCUT2D eigenvalue weighted by molar-refractivity contribution is 7.19. The summed E-state index contributed by atoms with van der Waals surface area (Å²) in [5.74, 6) is 0.0684. The normalized spacial score (nSPS) is 15.9. The van der Waals surface area contributed by atoms with E-state index < -0.39 is 0 Å². The molecule has 0 spiro atoms. The second-order valence-corrected chi connectivity index (χ2v) is 10.0. The highest BCUT2D eigenvalue weighted by atomic mass is 32.1. The predicted octanol–water partition coefficient (Wildman–Crippen LogP) is 3.52. The fraction of sp³-hybridized carbons (Fsp3) is 0.619. The van der Waals surface area contributed by atoms with Crippen LogP contribution in [-0.4, -0.2) is 59.6 Å². The van der Waals surface area contributed by atoms with Crippen LogP contribution in [0.2, 0.25) is 0 Å². The molecule has 2 aromatic rings. The number of hydrogen-bond donors (Lipinski definition) is 1. The Kier molecular flexibility index (Phi) is 5.98. The number of nitrogens with zero attached hydrogens (tertiary/aromatic N) is 3. The molecule has 1 fully saturated rings. The molecular weight excluding hydrogens is 372 g/mol. The van der Waals surface area contributed by atoms with E-state index in [0.717, 1.165) is 46.7 Å². The quantitative estimate of drug-likeness (QED) is 0.800. The van der Waals surface area contributed by atoms with Crippen LogP contribution in [0.1, 0.15) is 54.4 Å². The number of ether oxygens (including phenoxy) is 1. The maximum absolute atomic E-state index is 13.0. The Hall–Kier alpha value is -1.70. The number of imidazole rings is 1. The van der Waals surface area contributed by atoms with Gasteiger partial charge in [0.05, 0.1) is 30.6 Å². The summed E-state index contributed by atoms with van der Waals surface area (Å²) in [6.45, 7) is 15.7. The number of aromatic nitrogens is 2. The van der Waals surface area contributed by atoms with Crippen molar-refractivity contribution in [2.24, 2.45) is 5.41 Å². The van der Waals surface area contributed by atoms with Gasteiger partial charge in [0, 0.05) is 25.8 Å². The maximum atomic E-state index is 13.0. The van der Waals surface area contributed by atoms with Gasteiger partial charge in [-0.1, -0.05) is 37.7 Å². The number of carbonyl (C=O) groups is 1. The van der Waals surface area contributed by atoms with Crippen LogP contribution in [0.3, 0.4) is 0 Å². The molecule has 0 radical (unpaired) electrons. The van der Waals surface area contributed by atoms with E-state index in [4.69, 9.17) is 9.72 Å². The highest BCUT2D eigenvalue weighted by Gasteiger charge is 2.25. The summed E-state index contributed by atoms with van der Waals surface area (Å²) in [6.07, 6.45) is 2.18. The number of aryl methyl sites for hydroxylation is 2. The minimum atomic E-state index is 0.0653. The van der Waals surface area contributed by atoms with E-state index in [1.165, 1.54) is 16.9 Å². The number of rotatable bonds is 6. The summed E-state index contributed by atoms with van der Waals surface area (Å²) in [4.78, 5) is 21.2. The third-order valence-electron chi connectivity index (χ3n) is 4.87. The lowest BCUT2D eigenvalue weighted by Crippen LogP contribution is -2.46. The van der Waals surface area contributed by atoms with Crippen LogP contribution in [-0.2, 0) is 4.74 Å². The van der Waals surface area contributed by atoms with Gasteiger partial charge in [0.1, 0.15) is 4.88 Å². The van der Waals surface area contributed by atoms with Gasteiger partial charge in [0.25, 0.3) is 5.91 Å². The molecule has 7 heteroatoms. The van der Waals surface area contributed by atoms with Gasteiger partial charge in [-0.05, 0) is 32.3 Å². The Balaban J connectivity index is 1.86. The van der Waals surface area contributed by atoms with Gasteiger partial charge in [-0.3, -0.25) is 9.20 Å². The fourth-order valence-electron chi connectivity index (χ4n) is 3.44. The molecule has 1 saturated heterocycles. The maximum Gasteiger partial charge on any atom is 0.265 e. The lowest BCUT2D eigenvalue weighted by Gasteiger charge is -2.27. The third-order valence-corrected chi connectivity index (χ3v) is 6.00. The molecular formula is C21H32N4O2S. The van der Waals surface area contributed by atoms with Crippen molar-refractivity contribution in [2.75, 3.05) is 33.4 Å². The third kappa shape index (κ3) is 4.47. The standard InChI is InChI=1S/C21H32N4O2S/c1-13(9-22-16-10-27-11-16)8-17-14(2)23-20-25(17)15(3)18(28-20)19(26)24(7)12-21(4,5)6/h8,16,22H,9-12H2,1-7H3. The lowest BCUT2D eigenvalue weighted by molar-refractivity contribution is -0.00371. The lowest BCUT2D eigenvalue weighted by atomic mass is 9.96. The predicted molar refractivity (Wildman–Crippen MR) is 115 cm³/mol. The van der Waals surface area contributed by atoms with Crippen molar-refractivity contribution in [1.82, 2.24) is 19.6 Å². The number of thiazole rings is 1. The van der Waals surface area contributed by atoms with Crippen molar-refractivity contribution >= 4 is 28.3 Å². The summed E-state index contributed by atoms with van der Waals surface area (Å²) in [5.41, 5.74) is 4.31. The van der Waals surface area contributed by atoms with Crippen molar-refractivity contribution in [3.05, 3.63) is 27.5 Å². The molecule has 1 N–H and O–H groups in total.